The highest BCUT2D eigenvalue weighted by molar-refractivity contribution is 5.27. The van der Waals surface area contributed by atoms with Crippen LogP contribution in [0.5, 0.6) is 5.75 Å². The molecule has 0 spiro atoms. The molecule has 0 bridgehead atoms. The number of hydrogen-bond acceptors (Lipinski definition) is 4. The molecule has 0 amide bonds. The first-order chi connectivity index (χ1) is 11.7. The molecule has 2 heterocycles. The van der Waals surface area contributed by atoms with Gasteiger partial charge < -0.3 is 9.26 Å². The Bertz CT molecular complexity index is 633. The van der Waals surface area contributed by atoms with Crippen LogP contribution in [0.2, 0.25) is 0 Å². The number of hydrogen-bond donors (Lipinski definition) is 0. The predicted molar refractivity (Wildman–Crippen MR) is 95.1 cm³/mol. The van der Waals surface area contributed by atoms with Gasteiger partial charge in [-0.3, -0.25) is 4.90 Å². The Morgan fingerprint density at radius 3 is 2.79 bits per heavy atom. The largest absolute Gasteiger partial charge is 0.491 e. The van der Waals surface area contributed by atoms with Gasteiger partial charge in [0.15, 0.2) is 0 Å². The van der Waals surface area contributed by atoms with Crippen molar-refractivity contribution in [3.8, 4) is 5.75 Å². The molecule has 3 rings (SSSR count). The number of benzene rings is 1. The Balaban J connectivity index is 1.64. The fraction of sp³-hybridized carbons (Fsp3) is 0.550. The third kappa shape index (κ3) is 4.18. The van der Waals surface area contributed by atoms with Crippen LogP contribution < -0.4 is 4.74 Å². The normalized spacial score (nSPS) is 18.4. The van der Waals surface area contributed by atoms with Crippen LogP contribution in [0.3, 0.4) is 0 Å². The molecule has 0 unspecified atom stereocenters. The monoisotopic (exact) mass is 328 g/mol. The molecule has 1 fully saturated rings. The fourth-order valence-corrected chi connectivity index (χ4v) is 3.38. The van der Waals surface area contributed by atoms with Crippen molar-refractivity contribution in [3.63, 3.8) is 0 Å². The van der Waals surface area contributed by atoms with Gasteiger partial charge in [0.05, 0.1) is 12.1 Å². The average molecular weight is 328 g/mol. The molecule has 2 aromatic rings. The minimum Gasteiger partial charge on any atom is -0.491 e. The number of nitrogens with zero attached hydrogens (tertiary/aromatic N) is 2. The first-order valence-electron chi connectivity index (χ1n) is 9.11. The molecule has 130 valence electrons. The summed E-state index contributed by atoms with van der Waals surface area (Å²) in [5, 5.41) is 4.32. The summed E-state index contributed by atoms with van der Waals surface area (Å²) in [7, 11) is 0. The number of rotatable bonds is 7. The smallest absolute Gasteiger partial charge is 0.137 e. The Labute approximate surface area is 144 Å². The molecular weight excluding hydrogens is 300 g/mol. The number of ether oxygens (including phenoxy) is 1. The molecule has 1 aliphatic rings. The maximum Gasteiger partial charge on any atom is 0.137 e. The van der Waals surface area contributed by atoms with Crippen molar-refractivity contribution >= 4 is 0 Å². The molecule has 4 heteroatoms. The van der Waals surface area contributed by atoms with Crippen molar-refractivity contribution < 1.29 is 9.26 Å². The van der Waals surface area contributed by atoms with Gasteiger partial charge in [0.25, 0.3) is 0 Å². The van der Waals surface area contributed by atoms with Crippen molar-refractivity contribution in [3.05, 3.63) is 47.3 Å². The van der Waals surface area contributed by atoms with Crippen molar-refractivity contribution in [1.29, 1.82) is 0 Å². The summed E-state index contributed by atoms with van der Waals surface area (Å²) < 4.78 is 11.2. The van der Waals surface area contributed by atoms with Gasteiger partial charge in [0, 0.05) is 19.0 Å². The van der Waals surface area contributed by atoms with E-state index in [0.717, 1.165) is 49.6 Å². The van der Waals surface area contributed by atoms with Crippen LogP contribution in [0.4, 0.5) is 0 Å². The van der Waals surface area contributed by atoms with Gasteiger partial charge in [-0.15, -0.1) is 0 Å². The zero-order chi connectivity index (χ0) is 16.9. The molecule has 4 nitrogen and oxygen atoms in total. The highest BCUT2D eigenvalue weighted by atomic mass is 16.5. The van der Waals surface area contributed by atoms with Crippen LogP contribution in [0, 0.1) is 0 Å². The number of aromatic nitrogens is 1. The van der Waals surface area contributed by atoms with Crippen molar-refractivity contribution in [2.45, 2.75) is 65.1 Å². The Morgan fingerprint density at radius 2 is 2.08 bits per heavy atom. The predicted octanol–water partition coefficient (Wildman–Crippen LogP) is 4.75. The minimum absolute atomic E-state index is 0.211. The Morgan fingerprint density at radius 1 is 1.29 bits per heavy atom. The van der Waals surface area contributed by atoms with Crippen LogP contribution in [0.25, 0.3) is 0 Å². The highest BCUT2D eigenvalue weighted by Gasteiger charge is 2.28. The van der Waals surface area contributed by atoms with E-state index in [2.05, 4.69) is 47.3 Å². The average Bonchev–Trinajstić information content (AvgIpc) is 3.18. The first kappa shape index (κ1) is 17.0. The fourth-order valence-electron chi connectivity index (χ4n) is 3.38. The van der Waals surface area contributed by atoms with E-state index in [-0.39, 0.29) is 6.10 Å². The second kappa shape index (κ2) is 7.84. The van der Waals surface area contributed by atoms with Crippen molar-refractivity contribution in [2.75, 3.05) is 6.54 Å². The van der Waals surface area contributed by atoms with E-state index in [1.807, 2.05) is 13.8 Å². The molecule has 0 aliphatic carbocycles. The van der Waals surface area contributed by atoms with Gasteiger partial charge >= 0.3 is 0 Å². The van der Waals surface area contributed by atoms with E-state index in [0.29, 0.717) is 6.04 Å². The number of aryl methyl sites for hydroxylation is 1. The second-order valence-electron chi connectivity index (χ2n) is 6.91. The zero-order valence-electron chi connectivity index (χ0n) is 15.0. The van der Waals surface area contributed by atoms with Gasteiger partial charge in [-0.2, -0.15) is 0 Å². The Hall–Kier alpha value is -1.81. The molecule has 1 aromatic carbocycles. The van der Waals surface area contributed by atoms with Crippen molar-refractivity contribution in [2.24, 2.45) is 0 Å². The van der Waals surface area contributed by atoms with E-state index in [4.69, 9.17) is 9.26 Å². The van der Waals surface area contributed by atoms with E-state index >= 15 is 0 Å². The van der Waals surface area contributed by atoms with Crippen LogP contribution in [-0.4, -0.2) is 22.7 Å². The highest BCUT2D eigenvalue weighted by Crippen LogP contribution is 2.33. The molecule has 1 aliphatic heterocycles. The van der Waals surface area contributed by atoms with Gasteiger partial charge in [0.2, 0.25) is 0 Å². The van der Waals surface area contributed by atoms with Gasteiger partial charge in [-0.1, -0.05) is 24.2 Å². The van der Waals surface area contributed by atoms with Crippen LogP contribution in [0.1, 0.15) is 63.1 Å². The maximum atomic E-state index is 5.72. The van der Waals surface area contributed by atoms with Crippen LogP contribution >= 0.6 is 0 Å². The lowest BCUT2D eigenvalue weighted by Gasteiger charge is -2.22. The molecule has 24 heavy (non-hydrogen) atoms. The third-order valence-electron chi connectivity index (χ3n) is 4.46. The topological polar surface area (TPSA) is 38.5 Å². The lowest BCUT2D eigenvalue weighted by Crippen LogP contribution is -2.23. The van der Waals surface area contributed by atoms with E-state index in [1.54, 1.807) is 0 Å². The summed E-state index contributed by atoms with van der Waals surface area (Å²) in [6, 6.07) is 11.0. The standard InChI is InChI=1S/C20H28N2O2/c1-4-6-18-13-19(21-24-18)20-7-5-12-22(20)14-16-8-10-17(11-9-16)23-15(2)3/h8-11,13,15,20H,4-7,12,14H2,1-3H3/t20-/m0/s1. The summed E-state index contributed by atoms with van der Waals surface area (Å²) in [6.07, 6.45) is 4.65. The Kier molecular flexibility index (Phi) is 5.56. The first-order valence-corrected chi connectivity index (χ1v) is 9.11. The van der Waals surface area contributed by atoms with Crippen LogP contribution in [-0.2, 0) is 13.0 Å². The number of likely N-dealkylation sites (tertiary alicyclic amines) is 1. The van der Waals surface area contributed by atoms with Crippen LogP contribution in [0.15, 0.2) is 34.9 Å². The van der Waals surface area contributed by atoms with Gasteiger partial charge in [0.1, 0.15) is 17.2 Å². The third-order valence-corrected chi connectivity index (χ3v) is 4.46. The van der Waals surface area contributed by atoms with Crippen molar-refractivity contribution in [1.82, 2.24) is 10.1 Å². The summed E-state index contributed by atoms with van der Waals surface area (Å²) >= 11 is 0. The molecular formula is C20H28N2O2. The van der Waals surface area contributed by atoms with Gasteiger partial charge in [-0.05, 0) is 57.4 Å². The molecule has 1 aromatic heterocycles. The summed E-state index contributed by atoms with van der Waals surface area (Å²) in [5.74, 6) is 1.95. The summed E-state index contributed by atoms with van der Waals surface area (Å²) in [5.41, 5.74) is 2.41. The molecule has 1 saturated heterocycles. The second-order valence-corrected chi connectivity index (χ2v) is 6.91. The maximum absolute atomic E-state index is 5.72. The molecule has 1 atom stereocenters. The summed E-state index contributed by atoms with van der Waals surface area (Å²) in [6.45, 7) is 8.32. The minimum atomic E-state index is 0.211. The quantitative estimate of drug-likeness (QED) is 0.735. The molecule has 0 radical (unpaired) electrons. The summed E-state index contributed by atoms with van der Waals surface area (Å²) in [4.78, 5) is 2.51. The lowest BCUT2D eigenvalue weighted by molar-refractivity contribution is 0.234. The van der Waals surface area contributed by atoms with E-state index in [9.17, 15) is 0 Å². The molecule has 0 saturated carbocycles. The zero-order valence-corrected chi connectivity index (χ0v) is 15.0. The molecule has 0 N–H and O–H groups in total. The van der Waals surface area contributed by atoms with E-state index < -0.39 is 0 Å². The lowest BCUT2D eigenvalue weighted by atomic mass is 10.1. The SMILES string of the molecule is CCCc1cc([C@@H]2CCCN2Cc2ccc(OC(C)C)cc2)no1. The van der Waals surface area contributed by atoms with Gasteiger partial charge in [-0.25, -0.2) is 0 Å². The van der Waals surface area contributed by atoms with E-state index in [1.165, 1.54) is 12.0 Å².